The fourth-order valence-electron chi connectivity index (χ4n) is 2.25. The predicted octanol–water partition coefficient (Wildman–Crippen LogP) is 4.11. The largest absolute Gasteiger partial charge is 0.482 e. The van der Waals surface area contributed by atoms with E-state index in [-0.39, 0.29) is 23.7 Å². The molecule has 11 heteroatoms. The number of anilines is 1. The molecule has 0 aliphatic heterocycles. The number of ether oxygens (including phenoxy) is 1. The van der Waals surface area contributed by atoms with Crippen LogP contribution in [0, 0.1) is 17.0 Å². The molecule has 0 radical (unpaired) electrons. The molecular weight excluding hydrogens is 435 g/mol. The van der Waals surface area contributed by atoms with Gasteiger partial charge in [-0.15, -0.1) is 0 Å². The third-order valence-corrected chi connectivity index (χ3v) is 4.28. The number of carbonyl (C=O) groups is 2. The van der Waals surface area contributed by atoms with E-state index in [1.807, 2.05) is 0 Å². The monoisotopic (exact) mass is 452 g/mol. The van der Waals surface area contributed by atoms with Gasteiger partial charge in [0.1, 0.15) is 5.75 Å². The summed E-state index contributed by atoms with van der Waals surface area (Å²) >= 11 is 11.7. The molecule has 0 heterocycles. The molecule has 2 rings (SSSR count). The number of hydrazone groups is 1. The van der Waals surface area contributed by atoms with Gasteiger partial charge in [0.05, 0.1) is 22.1 Å². The second-order valence-electron chi connectivity index (χ2n) is 6.23. The lowest BCUT2D eigenvalue weighted by Gasteiger charge is -2.09. The summed E-state index contributed by atoms with van der Waals surface area (Å²) in [5.41, 5.74) is 3.48. The van der Waals surface area contributed by atoms with Crippen LogP contribution < -0.4 is 15.5 Å². The van der Waals surface area contributed by atoms with E-state index in [9.17, 15) is 19.7 Å². The molecule has 2 amide bonds. The van der Waals surface area contributed by atoms with Crippen LogP contribution in [-0.2, 0) is 9.59 Å². The molecule has 0 aliphatic rings. The number of amides is 2. The maximum atomic E-state index is 12.2. The Morgan fingerprint density at radius 3 is 2.57 bits per heavy atom. The van der Waals surface area contributed by atoms with E-state index < -0.39 is 16.7 Å². The average Bonchev–Trinajstić information content (AvgIpc) is 2.67. The number of rotatable bonds is 8. The summed E-state index contributed by atoms with van der Waals surface area (Å²) in [5, 5.41) is 18.0. The van der Waals surface area contributed by atoms with Gasteiger partial charge in [0.25, 0.3) is 11.6 Å². The average molecular weight is 453 g/mol. The van der Waals surface area contributed by atoms with E-state index in [4.69, 9.17) is 27.9 Å². The van der Waals surface area contributed by atoms with Crippen LogP contribution in [0.25, 0.3) is 0 Å². The minimum Gasteiger partial charge on any atom is -0.482 e. The van der Waals surface area contributed by atoms with Crippen molar-refractivity contribution in [3.8, 4) is 5.75 Å². The van der Waals surface area contributed by atoms with Crippen molar-refractivity contribution in [3.05, 3.63) is 62.1 Å². The topological polar surface area (TPSA) is 123 Å². The lowest BCUT2D eigenvalue weighted by molar-refractivity contribution is -0.384. The lowest BCUT2D eigenvalue weighted by Crippen LogP contribution is -2.26. The van der Waals surface area contributed by atoms with Gasteiger partial charge < -0.3 is 10.1 Å². The molecule has 2 aromatic rings. The molecule has 0 saturated carbocycles. The number of hydrogen-bond acceptors (Lipinski definition) is 6. The first-order chi connectivity index (χ1) is 14.2. The SMILES string of the molecule is CC(CC(=O)Nc1cc([N+](=O)[O-])ccc1C)=NNC(=O)COc1ccc(Cl)cc1Cl. The van der Waals surface area contributed by atoms with Crippen molar-refractivity contribution in [2.24, 2.45) is 5.10 Å². The Bertz CT molecular complexity index is 1010. The zero-order valence-electron chi connectivity index (χ0n) is 16.1. The predicted molar refractivity (Wildman–Crippen MR) is 114 cm³/mol. The molecule has 0 unspecified atom stereocenters. The molecule has 0 fully saturated rings. The van der Waals surface area contributed by atoms with Crippen molar-refractivity contribution in [3.63, 3.8) is 0 Å². The summed E-state index contributed by atoms with van der Waals surface area (Å²) in [5.74, 6) is -0.683. The molecule has 2 N–H and O–H groups in total. The third kappa shape index (κ3) is 7.02. The normalized spacial score (nSPS) is 11.0. The highest BCUT2D eigenvalue weighted by Gasteiger charge is 2.12. The first-order valence-corrected chi connectivity index (χ1v) is 9.36. The number of hydrogen-bond donors (Lipinski definition) is 2. The van der Waals surface area contributed by atoms with Gasteiger partial charge in [0.2, 0.25) is 5.91 Å². The van der Waals surface area contributed by atoms with Crippen LogP contribution in [0.15, 0.2) is 41.5 Å². The van der Waals surface area contributed by atoms with E-state index in [2.05, 4.69) is 15.8 Å². The Hall–Kier alpha value is -3.17. The Kier molecular flexibility index (Phi) is 8.14. The number of carbonyl (C=O) groups excluding carboxylic acids is 2. The molecule has 158 valence electrons. The van der Waals surface area contributed by atoms with E-state index in [1.54, 1.807) is 26.0 Å². The van der Waals surface area contributed by atoms with Crippen LogP contribution in [0.4, 0.5) is 11.4 Å². The molecule has 0 saturated heterocycles. The molecule has 0 spiro atoms. The maximum absolute atomic E-state index is 12.2. The second kappa shape index (κ2) is 10.6. The molecule has 2 aromatic carbocycles. The van der Waals surface area contributed by atoms with Gasteiger partial charge in [-0.3, -0.25) is 19.7 Å². The number of benzene rings is 2. The van der Waals surface area contributed by atoms with Gasteiger partial charge >= 0.3 is 0 Å². The van der Waals surface area contributed by atoms with Gasteiger partial charge in [0.15, 0.2) is 6.61 Å². The molecule has 0 bridgehead atoms. The summed E-state index contributed by atoms with van der Waals surface area (Å²) < 4.78 is 5.28. The van der Waals surface area contributed by atoms with Crippen LogP contribution in [0.3, 0.4) is 0 Å². The van der Waals surface area contributed by atoms with Crippen molar-refractivity contribution in [1.29, 1.82) is 0 Å². The smallest absolute Gasteiger partial charge is 0.277 e. The number of halogens is 2. The van der Waals surface area contributed by atoms with E-state index >= 15 is 0 Å². The van der Waals surface area contributed by atoms with E-state index in [1.165, 1.54) is 24.3 Å². The van der Waals surface area contributed by atoms with Crippen molar-refractivity contribution >= 4 is 52.1 Å². The molecule has 0 aliphatic carbocycles. The summed E-state index contributed by atoms with van der Waals surface area (Å²) in [6, 6.07) is 8.77. The number of aryl methyl sites for hydroxylation is 1. The summed E-state index contributed by atoms with van der Waals surface area (Å²) in [6.45, 7) is 2.93. The highest BCUT2D eigenvalue weighted by atomic mass is 35.5. The van der Waals surface area contributed by atoms with Crippen LogP contribution in [0.1, 0.15) is 18.9 Å². The van der Waals surface area contributed by atoms with Crippen LogP contribution in [-0.4, -0.2) is 29.1 Å². The third-order valence-electron chi connectivity index (χ3n) is 3.75. The lowest BCUT2D eigenvalue weighted by atomic mass is 10.1. The summed E-state index contributed by atoms with van der Waals surface area (Å²) in [4.78, 5) is 34.3. The second-order valence-corrected chi connectivity index (χ2v) is 7.07. The summed E-state index contributed by atoms with van der Waals surface area (Å²) in [7, 11) is 0. The van der Waals surface area contributed by atoms with Crippen molar-refractivity contribution in [2.75, 3.05) is 11.9 Å². The molecule has 9 nitrogen and oxygen atoms in total. The quantitative estimate of drug-likeness (QED) is 0.354. The van der Waals surface area contributed by atoms with Crippen molar-refractivity contribution in [2.45, 2.75) is 20.3 Å². The van der Waals surface area contributed by atoms with Gasteiger partial charge in [-0.2, -0.15) is 5.10 Å². The van der Waals surface area contributed by atoms with Crippen LogP contribution in [0.5, 0.6) is 5.75 Å². The number of nitrogens with zero attached hydrogens (tertiary/aromatic N) is 2. The van der Waals surface area contributed by atoms with Crippen molar-refractivity contribution in [1.82, 2.24) is 5.43 Å². The van der Waals surface area contributed by atoms with Gasteiger partial charge in [-0.05, 0) is 37.6 Å². The maximum Gasteiger partial charge on any atom is 0.277 e. The number of nitro benzene ring substituents is 1. The number of non-ortho nitro benzene ring substituents is 1. The van der Waals surface area contributed by atoms with Gasteiger partial charge in [0, 0.05) is 22.9 Å². The van der Waals surface area contributed by atoms with Crippen molar-refractivity contribution < 1.29 is 19.2 Å². The summed E-state index contributed by atoms with van der Waals surface area (Å²) in [6.07, 6.45) is -0.119. The Balaban J connectivity index is 1.85. The fourth-order valence-corrected chi connectivity index (χ4v) is 2.71. The first kappa shape index (κ1) is 23.1. The Morgan fingerprint density at radius 2 is 1.90 bits per heavy atom. The fraction of sp³-hybridized carbons (Fsp3) is 0.211. The number of nitro groups is 1. The molecule has 0 atom stereocenters. The van der Waals surface area contributed by atoms with Gasteiger partial charge in [-0.1, -0.05) is 29.3 Å². The van der Waals surface area contributed by atoms with Crippen LogP contribution >= 0.6 is 23.2 Å². The van der Waals surface area contributed by atoms with Crippen LogP contribution in [0.2, 0.25) is 10.0 Å². The van der Waals surface area contributed by atoms with E-state index in [0.717, 1.165) is 0 Å². The number of nitrogens with one attached hydrogen (secondary N) is 2. The highest BCUT2D eigenvalue weighted by Crippen LogP contribution is 2.27. The standard InChI is InChI=1S/C19H18Cl2N4O5/c1-11-3-5-14(25(28)29)9-16(11)22-18(26)7-12(2)23-24-19(27)10-30-17-6-4-13(20)8-15(17)21/h3-6,8-9H,7,10H2,1-2H3,(H,22,26)(H,24,27). The molecule has 0 aromatic heterocycles. The first-order valence-electron chi connectivity index (χ1n) is 8.60. The minimum atomic E-state index is -0.546. The Labute approximate surface area is 182 Å². The van der Waals surface area contributed by atoms with Gasteiger partial charge in [-0.25, -0.2) is 5.43 Å². The molecule has 30 heavy (non-hydrogen) atoms. The Morgan fingerprint density at radius 1 is 1.17 bits per heavy atom. The zero-order valence-corrected chi connectivity index (χ0v) is 17.6. The highest BCUT2D eigenvalue weighted by molar-refractivity contribution is 6.35. The minimum absolute atomic E-state index is 0.119. The zero-order chi connectivity index (χ0) is 22.3. The molecular formula is C19H18Cl2N4O5. The van der Waals surface area contributed by atoms with E-state index in [0.29, 0.717) is 27.7 Å².